The molecular weight excluding hydrogens is 272 g/mol. The molecule has 0 amide bonds. The van der Waals surface area contributed by atoms with E-state index in [4.69, 9.17) is 0 Å². The van der Waals surface area contributed by atoms with Crippen LogP contribution in [-0.4, -0.2) is 19.1 Å². The van der Waals surface area contributed by atoms with Crippen LogP contribution in [0.15, 0.2) is 29.1 Å². The summed E-state index contributed by atoms with van der Waals surface area (Å²) in [6, 6.07) is 8.59. The summed E-state index contributed by atoms with van der Waals surface area (Å²) in [6.45, 7) is 2.11. The third kappa shape index (κ3) is 2.80. The summed E-state index contributed by atoms with van der Waals surface area (Å²) in [5, 5.41) is 0. The predicted molar refractivity (Wildman–Crippen MR) is 92.0 cm³/mol. The van der Waals surface area contributed by atoms with E-state index in [1.165, 1.54) is 35.1 Å². The number of fused-ring (bicyclic) bond motifs is 1. The highest BCUT2D eigenvalue weighted by molar-refractivity contribution is 5.57. The van der Waals surface area contributed by atoms with E-state index < -0.39 is 0 Å². The molecule has 0 saturated carbocycles. The molecule has 1 aliphatic rings. The van der Waals surface area contributed by atoms with E-state index in [2.05, 4.69) is 36.2 Å². The summed E-state index contributed by atoms with van der Waals surface area (Å²) in [4.78, 5) is 17.6. The maximum absolute atomic E-state index is 12.5. The standard InChI is InChI=1S/C19H24N2O/c1-13-7-6-8-14(11-13)12-16-15-9-4-5-10-17(15)20-19(22)18(16)21(2)3/h6-8,11H,4-5,9-10,12H2,1-3H3,(H,20,22). The zero-order valence-electron chi connectivity index (χ0n) is 13.7. The van der Waals surface area contributed by atoms with Crippen LogP contribution in [0.3, 0.4) is 0 Å². The zero-order chi connectivity index (χ0) is 15.7. The number of aromatic nitrogens is 1. The van der Waals surface area contributed by atoms with Gasteiger partial charge in [0.1, 0.15) is 5.69 Å². The summed E-state index contributed by atoms with van der Waals surface area (Å²) < 4.78 is 0. The molecule has 3 nitrogen and oxygen atoms in total. The molecule has 1 heterocycles. The number of nitrogens with zero attached hydrogens (tertiary/aromatic N) is 1. The van der Waals surface area contributed by atoms with E-state index in [9.17, 15) is 4.79 Å². The van der Waals surface area contributed by atoms with Gasteiger partial charge in [-0.2, -0.15) is 0 Å². The Morgan fingerprint density at radius 3 is 2.68 bits per heavy atom. The molecular formula is C19H24N2O. The van der Waals surface area contributed by atoms with Crippen molar-refractivity contribution in [3.05, 3.63) is 62.6 Å². The van der Waals surface area contributed by atoms with Crippen LogP contribution in [0.2, 0.25) is 0 Å². The maximum Gasteiger partial charge on any atom is 0.271 e. The molecule has 0 radical (unpaired) electrons. The average molecular weight is 296 g/mol. The van der Waals surface area contributed by atoms with Crippen molar-refractivity contribution >= 4 is 5.69 Å². The lowest BCUT2D eigenvalue weighted by atomic mass is 9.88. The fourth-order valence-corrected chi connectivity index (χ4v) is 3.54. The molecule has 0 aliphatic heterocycles. The Kier molecular flexibility index (Phi) is 4.06. The lowest BCUT2D eigenvalue weighted by Crippen LogP contribution is -2.27. The second-order valence-corrected chi connectivity index (χ2v) is 6.51. The highest BCUT2D eigenvalue weighted by Crippen LogP contribution is 2.29. The van der Waals surface area contributed by atoms with Gasteiger partial charge in [-0.1, -0.05) is 29.8 Å². The minimum atomic E-state index is 0.0494. The van der Waals surface area contributed by atoms with Gasteiger partial charge in [0.2, 0.25) is 0 Å². The van der Waals surface area contributed by atoms with Gasteiger partial charge >= 0.3 is 0 Å². The second-order valence-electron chi connectivity index (χ2n) is 6.51. The molecule has 0 fully saturated rings. The Bertz CT molecular complexity index is 744. The third-order valence-corrected chi connectivity index (χ3v) is 4.51. The van der Waals surface area contributed by atoms with Crippen molar-refractivity contribution in [2.45, 2.75) is 39.0 Å². The van der Waals surface area contributed by atoms with E-state index in [0.717, 1.165) is 30.6 Å². The van der Waals surface area contributed by atoms with Crippen molar-refractivity contribution in [2.75, 3.05) is 19.0 Å². The van der Waals surface area contributed by atoms with Crippen molar-refractivity contribution < 1.29 is 0 Å². The van der Waals surface area contributed by atoms with Crippen molar-refractivity contribution in [1.29, 1.82) is 0 Å². The molecule has 0 saturated heterocycles. The Balaban J connectivity index is 2.15. The van der Waals surface area contributed by atoms with Crippen LogP contribution in [0.1, 0.15) is 40.8 Å². The van der Waals surface area contributed by atoms with Gasteiger partial charge in [0, 0.05) is 26.2 Å². The number of anilines is 1. The number of hydrogen-bond donors (Lipinski definition) is 1. The minimum absolute atomic E-state index is 0.0494. The molecule has 0 bridgehead atoms. The van der Waals surface area contributed by atoms with Crippen LogP contribution in [0, 0.1) is 6.92 Å². The topological polar surface area (TPSA) is 36.1 Å². The number of aromatic amines is 1. The summed E-state index contributed by atoms with van der Waals surface area (Å²) in [7, 11) is 3.92. The fourth-order valence-electron chi connectivity index (χ4n) is 3.54. The van der Waals surface area contributed by atoms with Crippen LogP contribution in [-0.2, 0) is 19.3 Å². The van der Waals surface area contributed by atoms with Gasteiger partial charge in [-0.25, -0.2) is 0 Å². The van der Waals surface area contributed by atoms with Gasteiger partial charge in [-0.05, 0) is 49.3 Å². The van der Waals surface area contributed by atoms with Crippen LogP contribution in [0.4, 0.5) is 5.69 Å². The number of nitrogens with one attached hydrogen (secondary N) is 1. The first-order chi connectivity index (χ1) is 10.6. The molecule has 116 valence electrons. The van der Waals surface area contributed by atoms with E-state index in [1.807, 2.05) is 19.0 Å². The van der Waals surface area contributed by atoms with Crippen molar-refractivity contribution in [3.63, 3.8) is 0 Å². The first kappa shape index (κ1) is 14.9. The number of rotatable bonds is 3. The Hall–Kier alpha value is -2.03. The highest BCUT2D eigenvalue weighted by atomic mass is 16.1. The molecule has 2 aromatic rings. The Morgan fingerprint density at radius 2 is 1.95 bits per heavy atom. The van der Waals surface area contributed by atoms with E-state index in [-0.39, 0.29) is 5.56 Å². The van der Waals surface area contributed by atoms with E-state index in [1.54, 1.807) is 0 Å². The molecule has 0 atom stereocenters. The van der Waals surface area contributed by atoms with Gasteiger partial charge < -0.3 is 9.88 Å². The third-order valence-electron chi connectivity index (χ3n) is 4.51. The molecule has 3 rings (SSSR count). The second kappa shape index (κ2) is 5.99. The lowest BCUT2D eigenvalue weighted by Gasteiger charge is -2.24. The SMILES string of the molecule is Cc1cccc(Cc2c3c([nH]c(=O)c2N(C)C)CCCC3)c1. The monoisotopic (exact) mass is 296 g/mol. The number of hydrogen-bond acceptors (Lipinski definition) is 2. The van der Waals surface area contributed by atoms with Crippen molar-refractivity contribution in [1.82, 2.24) is 4.98 Å². The molecule has 3 heteroatoms. The molecule has 1 aliphatic carbocycles. The number of benzene rings is 1. The molecule has 1 N–H and O–H groups in total. The summed E-state index contributed by atoms with van der Waals surface area (Å²) in [5.41, 5.74) is 7.16. The average Bonchev–Trinajstić information content (AvgIpc) is 2.46. The van der Waals surface area contributed by atoms with Gasteiger partial charge in [0.05, 0.1) is 0 Å². The fraction of sp³-hybridized carbons (Fsp3) is 0.421. The molecule has 1 aromatic heterocycles. The van der Waals surface area contributed by atoms with E-state index >= 15 is 0 Å². The van der Waals surface area contributed by atoms with Gasteiger partial charge in [-0.3, -0.25) is 4.79 Å². The minimum Gasteiger partial charge on any atom is -0.373 e. The first-order valence-corrected chi connectivity index (χ1v) is 8.06. The summed E-state index contributed by atoms with van der Waals surface area (Å²) in [6.07, 6.45) is 5.30. The summed E-state index contributed by atoms with van der Waals surface area (Å²) >= 11 is 0. The lowest BCUT2D eigenvalue weighted by molar-refractivity contribution is 0.658. The normalized spacial score (nSPS) is 13.8. The predicted octanol–water partition coefficient (Wildman–Crippen LogP) is 3.22. The van der Waals surface area contributed by atoms with Gasteiger partial charge in [-0.15, -0.1) is 0 Å². The molecule has 0 unspecified atom stereocenters. The number of pyridine rings is 1. The maximum atomic E-state index is 12.5. The zero-order valence-corrected chi connectivity index (χ0v) is 13.7. The van der Waals surface area contributed by atoms with Crippen molar-refractivity contribution in [3.8, 4) is 0 Å². The van der Waals surface area contributed by atoms with Crippen LogP contribution in [0.5, 0.6) is 0 Å². The Morgan fingerprint density at radius 1 is 1.18 bits per heavy atom. The quantitative estimate of drug-likeness (QED) is 0.944. The highest BCUT2D eigenvalue weighted by Gasteiger charge is 2.21. The van der Waals surface area contributed by atoms with Crippen LogP contribution in [0.25, 0.3) is 0 Å². The van der Waals surface area contributed by atoms with E-state index in [0.29, 0.717) is 0 Å². The van der Waals surface area contributed by atoms with Crippen LogP contribution < -0.4 is 10.5 Å². The largest absolute Gasteiger partial charge is 0.373 e. The van der Waals surface area contributed by atoms with Crippen LogP contribution >= 0.6 is 0 Å². The first-order valence-electron chi connectivity index (χ1n) is 8.06. The molecule has 1 aromatic carbocycles. The van der Waals surface area contributed by atoms with Gasteiger partial charge in [0.25, 0.3) is 5.56 Å². The van der Waals surface area contributed by atoms with Gasteiger partial charge in [0.15, 0.2) is 0 Å². The molecule has 22 heavy (non-hydrogen) atoms. The molecule has 0 spiro atoms. The summed E-state index contributed by atoms with van der Waals surface area (Å²) in [5.74, 6) is 0. The smallest absolute Gasteiger partial charge is 0.271 e. The number of aryl methyl sites for hydroxylation is 2. The van der Waals surface area contributed by atoms with Crippen molar-refractivity contribution in [2.24, 2.45) is 0 Å². The number of H-pyrrole nitrogens is 1. The Labute approximate surface area is 132 Å².